The van der Waals surface area contributed by atoms with Gasteiger partial charge >= 0.3 is 5.97 Å². The van der Waals surface area contributed by atoms with Crippen LogP contribution in [0.1, 0.15) is 19.3 Å². The van der Waals surface area contributed by atoms with Crippen molar-refractivity contribution in [2.75, 3.05) is 26.8 Å². The molecule has 6 nitrogen and oxygen atoms in total. The molecular weight excluding hydrogens is 310 g/mol. The quantitative estimate of drug-likeness (QED) is 0.775. The van der Waals surface area contributed by atoms with E-state index in [2.05, 4.69) is 6.58 Å². The second-order valence-corrected chi connectivity index (χ2v) is 5.94. The first kappa shape index (κ1) is 17.8. The number of ether oxygens (including phenoxy) is 2. The number of methoxy groups -OCH3 is 1. The second-order valence-electron chi connectivity index (χ2n) is 5.94. The Hall–Kier alpha value is -2.50. The summed E-state index contributed by atoms with van der Waals surface area (Å²) in [5, 5.41) is 9.56. The highest BCUT2D eigenvalue weighted by Gasteiger charge is 2.42. The third kappa shape index (κ3) is 3.88. The summed E-state index contributed by atoms with van der Waals surface area (Å²) in [4.78, 5) is 25.7. The molecule has 1 saturated heterocycles. The molecule has 1 aromatic carbocycles. The highest BCUT2D eigenvalue weighted by molar-refractivity contribution is 5.81. The first-order chi connectivity index (χ1) is 11.5. The van der Waals surface area contributed by atoms with Crippen molar-refractivity contribution in [3.8, 4) is 11.5 Å². The van der Waals surface area contributed by atoms with Gasteiger partial charge in [-0.25, -0.2) is 0 Å². The Balaban J connectivity index is 2.01. The number of likely N-dealkylation sites (tertiary alicyclic amines) is 1. The largest absolute Gasteiger partial charge is 0.493 e. The van der Waals surface area contributed by atoms with E-state index < -0.39 is 11.4 Å². The zero-order chi connectivity index (χ0) is 17.6. The summed E-state index contributed by atoms with van der Waals surface area (Å²) in [6.07, 6.45) is 3.15. The molecule has 1 aromatic rings. The Morgan fingerprint density at radius 3 is 2.71 bits per heavy atom. The molecular formula is C18H23NO5. The van der Waals surface area contributed by atoms with Crippen LogP contribution in [-0.2, 0) is 9.59 Å². The van der Waals surface area contributed by atoms with E-state index in [9.17, 15) is 14.7 Å². The highest BCUT2D eigenvalue weighted by atomic mass is 16.5. The van der Waals surface area contributed by atoms with Crippen LogP contribution in [0.25, 0.3) is 0 Å². The number of rotatable bonds is 7. The molecule has 24 heavy (non-hydrogen) atoms. The summed E-state index contributed by atoms with van der Waals surface area (Å²) in [6.45, 7) is 4.22. The average Bonchev–Trinajstić information content (AvgIpc) is 2.60. The van der Waals surface area contributed by atoms with Crippen molar-refractivity contribution in [2.24, 2.45) is 5.41 Å². The number of benzene rings is 1. The van der Waals surface area contributed by atoms with Gasteiger partial charge in [-0.2, -0.15) is 0 Å². The Morgan fingerprint density at radius 1 is 1.38 bits per heavy atom. The van der Waals surface area contributed by atoms with Crippen LogP contribution < -0.4 is 9.47 Å². The lowest BCUT2D eigenvalue weighted by Crippen LogP contribution is -2.50. The number of piperidine rings is 1. The maximum atomic E-state index is 12.4. The van der Waals surface area contributed by atoms with E-state index in [4.69, 9.17) is 9.47 Å². The minimum Gasteiger partial charge on any atom is -0.493 e. The maximum absolute atomic E-state index is 12.4. The lowest BCUT2D eigenvalue weighted by Gasteiger charge is -2.39. The number of carboxylic acid groups (broad SMARTS) is 1. The van der Waals surface area contributed by atoms with Gasteiger partial charge in [0.25, 0.3) is 5.91 Å². The van der Waals surface area contributed by atoms with Crippen LogP contribution in [0, 0.1) is 5.41 Å². The molecule has 130 valence electrons. The lowest BCUT2D eigenvalue weighted by molar-refractivity contribution is -0.155. The minimum absolute atomic E-state index is 0.149. The minimum atomic E-state index is -0.944. The Morgan fingerprint density at radius 2 is 2.08 bits per heavy atom. The molecule has 1 N–H and O–H groups in total. The highest BCUT2D eigenvalue weighted by Crippen LogP contribution is 2.34. The number of para-hydroxylation sites is 2. The molecule has 1 aliphatic rings. The molecule has 0 aromatic heterocycles. The summed E-state index contributed by atoms with van der Waals surface area (Å²) in [5.74, 6) is -0.0720. The third-order valence-electron chi connectivity index (χ3n) is 4.34. The van der Waals surface area contributed by atoms with Gasteiger partial charge in [-0.3, -0.25) is 9.59 Å². The molecule has 0 aliphatic carbocycles. The number of carbonyl (C=O) groups excluding carboxylic acids is 1. The SMILES string of the molecule is C=CC[C@]1(C(=O)O)CCCN(C(=O)COc2ccccc2OC)C1. The number of carboxylic acids is 1. The van der Waals surface area contributed by atoms with Gasteiger partial charge in [-0.1, -0.05) is 18.2 Å². The number of aliphatic carboxylic acids is 1. The summed E-state index contributed by atoms with van der Waals surface area (Å²) < 4.78 is 10.7. The Kier molecular flexibility index (Phi) is 5.84. The zero-order valence-electron chi connectivity index (χ0n) is 13.9. The lowest BCUT2D eigenvalue weighted by atomic mass is 9.77. The number of nitrogens with zero attached hydrogens (tertiary/aromatic N) is 1. The average molecular weight is 333 g/mol. The topological polar surface area (TPSA) is 76.1 Å². The first-order valence-corrected chi connectivity index (χ1v) is 7.90. The fourth-order valence-electron chi connectivity index (χ4n) is 3.02. The van der Waals surface area contributed by atoms with Crippen molar-refractivity contribution in [1.82, 2.24) is 4.90 Å². The van der Waals surface area contributed by atoms with Gasteiger partial charge in [0, 0.05) is 13.1 Å². The number of carbonyl (C=O) groups is 2. The molecule has 1 amide bonds. The Labute approximate surface area is 141 Å². The third-order valence-corrected chi connectivity index (χ3v) is 4.34. The van der Waals surface area contributed by atoms with Gasteiger partial charge in [0.15, 0.2) is 18.1 Å². The van der Waals surface area contributed by atoms with Crippen molar-refractivity contribution in [1.29, 1.82) is 0 Å². The molecule has 1 atom stereocenters. The predicted octanol–water partition coefficient (Wildman–Crippen LogP) is 2.34. The van der Waals surface area contributed by atoms with Crippen molar-refractivity contribution < 1.29 is 24.2 Å². The van der Waals surface area contributed by atoms with E-state index in [1.807, 2.05) is 6.07 Å². The van der Waals surface area contributed by atoms with Crippen molar-refractivity contribution in [3.63, 3.8) is 0 Å². The molecule has 0 radical (unpaired) electrons. The van der Waals surface area contributed by atoms with E-state index in [0.717, 1.165) is 0 Å². The normalized spacial score (nSPS) is 20.3. The van der Waals surface area contributed by atoms with Crippen LogP contribution in [0.3, 0.4) is 0 Å². The monoisotopic (exact) mass is 333 g/mol. The van der Waals surface area contributed by atoms with Crippen LogP contribution in [-0.4, -0.2) is 48.7 Å². The van der Waals surface area contributed by atoms with Gasteiger partial charge in [-0.05, 0) is 31.4 Å². The molecule has 0 saturated carbocycles. The summed E-state index contributed by atoms with van der Waals surface area (Å²) in [5.41, 5.74) is -0.944. The van der Waals surface area contributed by atoms with E-state index in [1.165, 1.54) is 7.11 Å². The predicted molar refractivity (Wildman–Crippen MR) is 89.2 cm³/mol. The molecule has 6 heteroatoms. The van der Waals surface area contributed by atoms with Gasteiger partial charge in [0.2, 0.25) is 0 Å². The number of amides is 1. The van der Waals surface area contributed by atoms with Gasteiger partial charge < -0.3 is 19.5 Å². The summed E-state index contributed by atoms with van der Waals surface area (Å²) >= 11 is 0. The zero-order valence-corrected chi connectivity index (χ0v) is 13.9. The molecule has 0 bridgehead atoms. The maximum Gasteiger partial charge on any atom is 0.311 e. The van der Waals surface area contributed by atoms with Crippen LogP contribution in [0.5, 0.6) is 11.5 Å². The smallest absolute Gasteiger partial charge is 0.311 e. The molecule has 0 spiro atoms. The van der Waals surface area contributed by atoms with Gasteiger partial charge in [0.05, 0.1) is 12.5 Å². The number of hydrogen-bond donors (Lipinski definition) is 1. The van der Waals surface area contributed by atoms with Crippen LogP contribution in [0.4, 0.5) is 0 Å². The molecule has 1 aliphatic heterocycles. The summed E-state index contributed by atoms with van der Waals surface area (Å²) in [6, 6.07) is 7.08. The molecule has 1 fully saturated rings. The first-order valence-electron chi connectivity index (χ1n) is 7.90. The van der Waals surface area contributed by atoms with Crippen molar-refractivity contribution in [2.45, 2.75) is 19.3 Å². The van der Waals surface area contributed by atoms with Gasteiger partial charge in [-0.15, -0.1) is 6.58 Å². The standard InChI is InChI=1S/C18H23NO5/c1-3-9-18(17(21)22)10-6-11-19(13-18)16(20)12-24-15-8-5-4-7-14(15)23-2/h3-5,7-8H,1,6,9-13H2,2H3,(H,21,22)/t18-/m0/s1. The fraction of sp³-hybridized carbons (Fsp3) is 0.444. The molecule has 0 unspecified atom stereocenters. The van der Waals surface area contributed by atoms with E-state index >= 15 is 0 Å². The van der Waals surface area contributed by atoms with Crippen molar-refractivity contribution in [3.05, 3.63) is 36.9 Å². The fourth-order valence-corrected chi connectivity index (χ4v) is 3.02. The second kappa shape index (κ2) is 7.86. The van der Waals surface area contributed by atoms with Crippen molar-refractivity contribution >= 4 is 11.9 Å². The van der Waals surface area contributed by atoms with Crippen LogP contribution in [0.2, 0.25) is 0 Å². The van der Waals surface area contributed by atoms with Gasteiger partial charge in [0.1, 0.15) is 0 Å². The Bertz CT molecular complexity index is 615. The number of hydrogen-bond acceptors (Lipinski definition) is 4. The number of allylic oxidation sites excluding steroid dienone is 1. The molecule has 2 rings (SSSR count). The van der Waals surface area contributed by atoms with E-state index in [0.29, 0.717) is 37.3 Å². The van der Waals surface area contributed by atoms with Crippen LogP contribution >= 0.6 is 0 Å². The molecule has 1 heterocycles. The summed E-state index contributed by atoms with van der Waals surface area (Å²) in [7, 11) is 1.53. The van der Waals surface area contributed by atoms with Crippen LogP contribution in [0.15, 0.2) is 36.9 Å². The van der Waals surface area contributed by atoms with E-state index in [-0.39, 0.29) is 19.1 Å². The van der Waals surface area contributed by atoms with E-state index in [1.54, 1.807) is 29.2 Å².